The summed E-state index contributed by atoms with van der Waals surface area (Å²) in [6, 6.07) is 7.72. The van der Waals surface area contributed by atoms with Crippen LogP contribution in [0.4, 0.5) is 4.79 Å². The Morgan fingerprint density at radius 1 is 1.33 bits per heavy atom. The first-order valence-electron chi connectivity index (χ1n) is 5.82. The number of amides is 1. The van der Waals surface area contributed by atoms with E-state index in [1.165, 1.54) is 10.9 Å². The van der Waals surface area contributed by atoms with E-state index >= 15 is 0 Å². The third-order valence-corrected chi connectivity index (χ3v) is 2.95. The van der Waals surface area contributed by atoms with Gasteiger partial charge in [0.05, 0.1) is 13.1 Å². The average Bonchev–Trinajstić information content (AvgIpc) is 2.84. The van der Waals surface area contributed by atoms with Gasteiger partial charge in [-0.15, -0.1) is 0 Å². The number of hydrogen-bond acceptors (Lipinski definition) is 3. The minimum atomic E-state index is -0.0761. The molecule has 2 heterocycles. The molecular weight excluding hydrogens is 230 g/mol. The summed E-state index contributed by atoms with van der Waals surface area (Å²) in [7, 11) is 0. The smallest absolute Gasteiger partial charge is 0.329 e. The van der Waals surface area contributed by atoms with Gasteiger partial charge in [-0.3, -0.25) is 4.57 Å². The zero-order valence-electron chi connectivity index (χ0n) is 9.82. The van der Waals surface area contributed by atoms with Gasteiger partial charge in [-0.1, -0.05) is 18.2 Å². The van der Waals surface area contributed by atoms with E-state index in [1.807, 2.05) is 24.3 Å². The van der Waals surface area contributed by atoms with Crippen molar-refractivity contribution < 1.29 is 9.53 Å². The Hall–Kier alpha value is -2.30. The zero-order chi connectivity index (χ0) is 12.4. The van der Waals surface area contributed by atoms with Gasteiger partial charge >= 0.3 is 6.03 Å². The zero-order valence-corrected chi connectivity index (χ0v) is 9.82. The van der Waals surface area contributed by atoms with Crippen LogP contribution in [0.3, 0.4) is 0 Å². The fraction of sp³-hybridized carbons (Fsp3) is 0.231. The Labute approximate surface area is 105 Å². The number of hydrogen-bond donors (Lipinski definition) is 0. The molecule has 1 amide bonds. The van der Waals surface area contributed by atoms with Crippen LogP contribution in [0.5, 0.6) is 5.75 Å². The molecule has 1 aliphatic rings. The minimum Gasteiger partial charge on any atom is -0.491 e. The molecule has 0 bridgehead atoms. The number of para-hydroxylation sites is 1. The molecule has 2 aromatic rings. The molecule has 0 unspecified atom stereocenters. The molecule has 0 fully saturated rings. The van der Waals surface area contributed by atoms with Crippen molar-refractivity contribution in [3.05, 3.63) is 48.5 Å². The van der Waals surface area contributed by atoms with Crippen molar-refractivity contribution in [1.82, 2.24) is 14.5 Å². The Morgan fingerprint density at radius 3 is 3.06 bits per heavy atom. The standard InChI is InChI=1S/C13H13N3O2/c17-13(16-6-5-14-10-16)15-7-8-18-12-4-2-1-3-11(12)9-15/h1-6,10H,7-9H2. The molecular formula is C13H13N3O2. The highest BCUT2D eigenvalue weighted by molar-refractivity contribution is 5.76. The van der Waals surface area contributed by atoms with Crippen LogP contribution in [0.15, 0.2) is 43.0 Å². The predicted molar refractivity (Wildman–Crippen MR) is 65.4 cm³/mol. The van der Waals surface area contributed by atoms with Crippen LogP contribution >= 0.6 is 0 Å². The lowest BCUT2D eigenvalue weighted by Crippen LogP contribution is -2.35. The molecule has 1 aromatic carbocycles. The van der Waals surface area contributed by atoms with E-state index in [0.717, 1.165) is 11.3 Å². The summed E-state index contributed by atoms with van der Waals surface area (Å²) in [6.07, 6.45) is 4.76. The summed E-state index contributed by atoms with van der Waals surface area (Å²) < 4.78 is 7.11. The first-order valence-corrected chi connectivity index (χ1v) is 5.82. The van der Waals surface area contributed by atoms with Gasteiger partial charge in [0.1, 0.15) is 18.7 Å². The Balaban J connectivity index is 1.85. The normalized spacial score (nSPS) is 14.6. The van der Waals surface area contributed by atoms with Gasteiger partial charge < -0.3 is 9.64 Å². The van der Waals surface area contributed by atoms with Crippen molar-refractivity contribution >= 4 is 6.03 Å². The molecule has 0 aliphatic carbocycles. The summed E-state index contributed by atoms with van der Waals surface area (Å²) in [5.74, 6) is 0.860. The molecule has 0 N–H and O–H groups in total. The van der Waals surface area contributed by atoms with Gasteiger partial charge in [0.2, 0.25) is 0 Å². The van der Waals surface area contributed by atoms with E-state index < -0.39 is 0 Å². The van der Waals surface area contributed by atoms with E-state index in [4.69, 9.17) is 4.74 Å². The fourth-order valence-electron chi connectivity index (χ4n) is 2.02. The van der Waals surface area contributed by atoms with Gasteiger partial charge in [-0.2, -0.15) is 0 Å². The van der Waals surface area contributed by atoms with Crippen LogP contribution in [0.2, 0.25) is 0 Å². The molecule has 3 rings (SSSR count). The SMILES string of the molecule is O=C(N1CCOc2ccccc2C1)n1ccnc1. The van der Waals surface area contributed by atoms with Crippen molar-refractivity contribution in [2.75, 3.05) is 13.2 Å². The number of aromatic nitrogens is 2. The van der Waals surface area contributed by atoms with Gasteiger partial charge in [0, 0.05) is 18.0 Å². The molecule has 0 atom stereocenters. The van der Waals surface area contributed by atoms with Crippen molar-refractivity contribution in [1.29, 1.82) is 0 Å². The topological polar surface area (TPSA) is 47.4 Å². The second-order valence-electron chi connectivity index (χ2n) is 4.13. The molecule has 0 spiro atoms. The first-order chi connectivity index (χ1) is 8.84. The van der Waals surface area contributed by atoms with Crippen LogP contribution in [0.1, 0.15) is 5.56 Å². The number of rotatable bonds is 0. The Morgan fingerprint density at radius 2 is 2.22 bits per heavy atom. The molecule has 5 nitrogen and oxygen atoms in total. The van der Waals surface area contributed by atoms with Crippen LogP contribution in [-0.2, 0) is 6.54 Å². The molecule has 18 heavy (non-hydrogen) atoms. The van der Waals surface area contributed by atoms with E-state index in [9.17, 15) is 4.79 Å². The summed E-state index contributed by atoms with van der Waals surface area (Å²) in [6.45, 7) is 1.65. The lowest BCUT2D eigenvalue weighted by atomic mass is 10.2. The maximum Gasteiger partial charge on any atom is 0.329 e. The number of carbonyl (C=O) groups is 1. The maximum atomic E-state index is 12.2. The van der Waals surface area contributed by atoms with E-state index in [-0.39, 0.29) is 6.03 Å². The Kier molecular flexibility index (Phi) is 2.72. The third-order valence-electron chi connectivity index (χ3n) is 2.95. The molecule has 1 aliphatic heterocycles. The maximum absolute atomic E-state index is 12.2. The van der Waals surface area contributed by atoms with Gasteiger partial charge in [0.25, 0.3) is 0 Å². The quantitative estimate of drug-likeness (QED) is 0.708. The van der Waals surface area contributed by atoms with Crippen molar-refractivity contribution in [2.24, 2.45) is 0 Å². The summed E-state index contributed by atoms with van der Waals surface area (Å²) in [4.78, 5) is 17.9. The lowest BCUT2D eigenvalue weighted by molar-refractivity contribution is 0.189. The number of fused-ring (bicyclic) bond motifs is 1. The molecule has 0 radical (unpaired) electrons. The number of nitrogens with zero attached hydrogens (tertiary/aromatic N) is 3. The van der Waals surface area contributed by atoms with Gasteiger partial charge in [0.15, 0.2) is 0 Å². The van der Waals surface area contributed by atoms with Crippen molar-refractivity contribution in [3.8, 4) is 5.75 Å². The van der Waals surface area contributed by atoms with E-state index in [0.29, 0.717) is 19.7 Å². The number of ether oxygens (including phenoxy) is 1. The van der Waals surface area contributed by atoms with Crippen LogP contribution < -0.4 is 4.74 Å². The molecule has 1 aromatic heterocycles. The summed E-state index contributed by atoms with van der Waals surface area (Å²) >= 11 is 0. The summed E-state index contributed by atoms with van der Waals surface area (Å²) in [5.41, 5.74) is 1.03. The van der Waals surface area contributed by atoms with Crippen molar-refractivity contribution in [3.63, 3.8) is 0 Å². The van der Waals surface area contributed by atoms with E-state index in [2.05, 4.69) is 4.98 Å². The Bertz CT molecular complexity index is 551. The number of imidazole rings is 1. The van der Waals surface area contributed by atoms with Gasteiger partial charge in [-0.05, 0) is 6.07 Å². The third kappa shape index (κ3) is 1.95. The molecule has 92 valence electrons. The fourth-order valence-corrected chi connectivity index (χ4v) is 2.02. The second-order valence-corrected chi connectivity index (χ2v) is 4.13. The van der Waals surface area contributed by atoms with Crippen molar-refractivity contribution in [2.45, 2.75) is 6.54 Å². The molecule has 0 saturated carbocycles. The molecule has 0 saturated heterocycles. The number of carbonyl (C=O) groups excluding carboxylic acids is 1. The van der Waals surface area contributed by atoms with Crippen LogP contribution in [-0.4, -0.2) is 33.6 Å². The highest BCUT2D eigenvalue weighted by Crippen LogP contribution is 2.22. The van der Waals surface area contributed by atoms with Crippen LogP contribution in [0.25, 0.3) is 0 Å². The van der Waals surface area contributed by atoms with E-state index in [1.54, 1.807) is 17.3 Å². The highest BCUT2D eigenvalue weighted by atomic mass is 16.5. The van der Waals surface area contributed by atoms with Crippen LogP contribution in [0, 0.1) is 0 Å². The number of benzene rings is 1. The highest BCUT2D eigenvalue weighted by Gasteiger charge is 2.20. The molecule has 5 heteroatoms. The largest absolute Gasteiger partial charge is 0.491 e. The lowest BCUT2D eigenvalue weighted by Gasteiger charge is -2.19. The predicted octanol–water partition coefficient (Wildman–Crippen LogP) is 1.75. The first kappa shape index (κ1) is 10.8. The average molecular weight is 243 g/mol. The summed E-state index contributed by atoms with van der Waals surface area (Å²) in [5, 5.41) is 0. The second kappa shape index (κ2) is 4.52. The monoisotopic (exact) mass is 243 g/mol. The van der Waals surface area contributed by atoms with Gasteiger partial charge in [-0.25, -0.2) is 9.78 Å². The minimum absolute atomic E-state index is 0.0761.